The number of thioether (sulfide) groups is 2. The minimum Gasteiger partial charge on any atom is -0.477 e. The van der Waals surface area contributed by atoms with Crippen LogP contribution in [0, 0.1) is 0 Å². The molecule has 2 atom stereocenters. The summed E-state index contributed by atoms with van der Waals surface area (Å²) in [5.41, 5.74) is 6.62. The summed E-state index contributed by atoms with van der Waals surface area (Å²) in [5, 5.41) is 22.6. The fourth-order valence-electron chi connectivity index (χ4n) is 3.88. The minimum absolute atomic E-state index is 0.0397. The standard InChI is InChI=1S/C21H19N9O5S3/c1-28-6-7-29-12(28)4-3-11(25-29)36-8-5-10-9-37-19-14(18(32)30(19)15(10)20(33)34)23-17(31)13(26-35-2)16-24-21(22)38-27-16/h3-8,14,19H,9H2,1-2H3,(H3-,22,23,24,27,31,33,34)/p+1/b8-5+,26-13-/t14-,19-/m1/s1. The van der Waals surface area contributed by atoms with Crippen LogP contribution >= 0.6 is 35.1 Å². The molecule has 3 aromatic rings. The van der Waals surface area contributed by atoms with Crippen molar-refractivity contribution in [3.8, 4) is 0 Å². The molecule has 0 spiro atoms. The first kappa shape index (κ1) is 25.7. The van der Waals surface area contributed by atoms with Crippen molar-refractivity contribution in [1.29, 1.82) is 0 Å². The number of nitrogens with two attached hydrogens (primary N) is 1. The molecule has 38 heavy (non-hydrogen) atoms. The minimum atomic E-state index is -1.23. The largest absolute Gasteiger partial charge is 0.477 e. The number of aryl methyl sites for hydroxylation is 1. The number of β-lactam (4-membered cyclic amide) rings is 1. The zero-order chi connectivity index (χ0) is 27.0. The molecule has 5 rings (SSSR count). The van der Waals surface area contributed by atoms with Crippen molar-refractivity contribution in [2.24, 2.45) is 12.2 Å². The van der Waals surface area contributed by atoms with Crippen LogP contribution in [0.4, 0.5) is 5.13 Å². The number of nitrogen functional groups attached to an aromatic ring is 1. The first-order valence-electron chi connectivity index (χ1n) is 10.9. The fraction of sp³-hybridized carbons (Fsp3) is 0.238. The second-order valence-corrected chi connectivity index (χ2v) is 10.7. The number of aromatic nitrogens is 5. The van der Waals surface area contributed by atoms with E-state index in [2.05, 4.69) is 24.9 Å². The second-order valence-electron chi connectivity index (χ2n) is 7.92. The van der Waals surface area contributed by atoms with Crippen molar-refractivity contribution in [1.82, 2.24) is 29.2 Å². The molecule has 5 heterocycles. The highest BCUT2D eigenvalue weighted by molar-refractivity contribution is 8.02. The van der Waals surface area contributed by atoms with Crippen LogP contribution in [-0.4, -0.2) is 76.8 Å². The molecular weight excluding hydrogens is 554 g/mol. The number of carboxylic acids is 1. The molecule has 17 heteroatoms. The lowest BCUT2D eigenvalue weighted by atomic mass is 10.0. The van der Waals surface area contributed by atoms with Crippen molar-refractivity contribution >= 4 is 69.3 Å². The lowest BCUT2D eigenvalue weighted by Crippen LogP contribution is -2.71. The average molecular weight is 575 g/mol. The van der Waals surface area contributed by atoms with Crippen molar-refractivity contribution in [3.05, 3.63) is 53.1 Å². The molecular formula is C21H20N9O5S3+. The molecule has 0 radical (unpaired) electrons. The number of rotatable bonds is 8. The summed E-state index contributed by atoms with van der Waals surface area (Å²) in [5.74, 6) is -2.25. The summed E-state index contributed by atoms with van der Waals surface area (Å²) in [4.78, 5) is 47.8. The number of imidazole rings is 1. The number of allylic oxidation sites excluding steroid dienone is 1. The molecule has 2 amide bonds. The number of anilines is 1. The predicted molar refractivity (Wildman–Crippen MR) is 139 cm³/mol. The Labute approximate surface area is 227 Å². The van der Waals surface area contributed by atoms with E-state index in [0.29, 0.717) is 11.3 Å². The molecule has 0 bridgehead atoms. The van der Waals surface area contributed by atoms with E-state index < -0.39 is 29.2 Å². The number of fused-ring (bicyclic) bond motifs is 2. The van der Waals surface area contributed by atoms with Crippen LogP contribution in [0.3, 0.4) is 0 Å². The Balaban J connectivity index is 1.30. The molecule has 1 fully saturated rings. The molecule has 4 N–H and O–H groups in total. The number of aliphatic carboxylic acids is 1. The molecule has 0 unspecified atom stereocenters. The summed E-state index contributed by atoms with van der Waals surface area (Å²) < 4.78 is 7.63. The molecule has 14 nitrogen and oxygen atoms in total. The number of nitrogens with zero attached hydrogens (tertiary/aromatic N) is 7. The highest BCUT2D eigenvalue weighted by atomic mass is 32.2. The van der Waals surface area contributed by atoms with Gasteiger partial charge in [0.1, 0.15) is 35.4 Å². The summed E-state index contributed by atoms with van der Waals surface area (Å²) in [6.45, 7) is 0. The smallest absolute Gasteiger partial charge is 0.352 e. The van der Waals surface area contributed by atoms with E-state index in [4.69, 9.17) is 10.6 Å². The van der Waals surface area contributed by atoms with Crippen LogP contribution in [0.1, 0.15) is 5.82 Å². The third-order valence-corrected chi connectivity index (χ3v) is 8.18. The quantitative estimate of drug-likeness (QED) is 0.108. The van der Waals surface area contributed by atoms with Crippen LogP contribution in [-0.2, 0) is 26.3 Å². The third-order valence-electron chi connectivity index (χ3n) is 5.61. The van der Waals surface area contributed by atoms with E-state index in [1.807, 2.05) is 36.1 Å². The maximum absolute atomic E-state index is 13.0. The Hall–Kier alpha value is -3.96. The van der Waals surface area contributed by atoms with Gasteiger partial charge in [-0.1, -0.05) is 22.0 Å². The van der Waals surface area contributed by atoms with Gasteiger partial charge in [0.2, 0.25) is 11.5 Å². The zero-order valence-electron chi connectivity index (χ0n) is 19.8. The van der Waals surface area contributed by atoms with E-state index >= 15 is 0 Å². The molecule has 0 aromatic carbocycles. The Morgan fingerprint density at radius 1 is 1.42 bits per heavy atom. The number of carbonyl (C=O) groups excluding carboxylic acids is 2. The van der Waals surface area contributed by atoms with Crippen molar-refractivity contribution in [2.45, 2.75) is 16.4 Å². The normalized spacial score (nSPS) is 19.6. The van der Waals surface area contributed by atoms with E-state index in [-0.39, 0.29) is 22.4 Å². The Morgan fingerprint density at radius 2 is 2.24 bits per heavy atom. The van der Waals surface area contributed by atoms with Crippen LogP contribution in [0.2, 0.25) is 0 Å². The average Bonchev–Trinajstić information content (AvgIpc) is 3.50. The maximum atomic E-state index is 13.0. The monoisotopic (exact) mass is 574 g/mol. The fourth-order valence-corrected chi connectivity index (χ4v) is 6.28. The Kier molecular flexibility index (Phi) is 7.04. The number of amides is 2. The molecule has 0 saturated carbocycles. The van der Waals surface area contributed by atoms with E-state index in [1.165, 1.54) is 35.5 Å². The van der Waals surface area contributed by atoms with E-state index in [9.17, 15) is 19.5 Å². The number of oxime groups is 1. The molecule has 2 aliphatic rings. The van der Waals surface area contributed by atoms with Crippen molar-refractivity contribution < 1.29 is 28.9 Å². The number of nitrogens with one attached hydrogen (secondary N) is 1. The van der Waals surface area contributed by atoms with Crippen LogP contribution < -0.4 is 15.6 Å². The molecule has 3 aromatic heterocycles. The molecule has 2 aliphatic heterocycles. The maximum Gasteiger partial charge on any atom is 0.352 e. The predicted octanol–water partition coefficient (Wildman–Crippen LogP) is -0.0124. The number of hydrogen-bond acceptors (Lipinski definition) is 12. The lowest BCUT2D eigenvalue weighted by molar-refractivity contribution is -0.644. The molecule has 0 aliphatic carbocycles. The second kappa shape index (κ2) is 10.4. The van der Waals surface area contributed by atoms with Gasteiger partial charge < -0.3 is 21.0 Å². The van der Waals surface area contributed by atoms with Gasteiger partial charge >= 0.3 is 11.6 Å². The van der Waals surface area contributed by atoms with Gasteiger partial charge in [-0.25, -0.2) is 9.36 Å². The summed E-state index contributed by atoms with van der Waals surface area (Å²) in [6.07, 6.45) is 5.40. The number of carboxylic acid groups (broad SMARTS) is 1. The van der Waals surface area contributed by atoms with Gasteiger partial charge in [0.05, 0.1) is 7.05 Å². The first-order valence-corrected chi connectivity index (χ1v) is 13.6. The van der Waals surface area contributed by atoms with Crippen molar-refractivity contribution in [2.75, 3.05) is 18.6 Å². The van der Waals surface area contributed by atoms with Crippen molar-refractivity contribution in [3.63, 3.8) is 0 Å². The summed E-state index contributed by atoms with van der Waals surface area (Å²) in [6, 6.07) is 2.84. The summed E-state index contributed by atoms with van der Waals surface area (Å²) in [7, 11) is 3.17. The number of carbonyl (C=O) groups is 3. The van der Waals surface area contributed by atoms with E-state index in [1.54, 1.807) is 16.0 Å². The van der Waals surface area contributed by atoms with E-state index in [0.717, 1.165) is 22.2 Å². The third kappa shape index (κ3) is 4.70. The van der Waals surface area contributed by atoms with Crippen LogP contribution in [0.25, 0.3) is 5.65 Å². The van der Waals surface area contributed by atoms with Gasteiger partial charge in [-0.3, -0.25) is 14.5 Å². The van der Waals surface area contributed by atoms with Gasteiger partial charge in [-0.05, 0) is 23.1 Å². The van der Waals surface area contributed by atoms with Gasteiger partial charge in [-0.15, -0.1) is 16.3 Å². The van der Waals surface area contributed by atoms with Gasteiger partial charge in [0.15, 0.2) is 11.3 Å². The molecule has 1 saturated heterocycles. The lowest BCUT2D eigenvalue weighted by Gasteiger charge is -2.49. The van der Waals surface area contributed by atoms with Gasteiger partial charge in [0, 0.05) is 23.4 Å². The topological polar surface area (TPSA) is 181 Å². The SMILES string of the molecule is CO/N=C(\C(=O)N[C@@H]1C(=O)N2C(C(=O)O)=C(/C=C/Sc3ccc4n(cc[n+]4C)n3)CS[C@H]12)c1nsc(N)n1. The van der Waals surface area contributed by atoms with Crippen LogP contribution in [0.15, 0.2) is 57.5 Å². The van der Waals surface area contributed by atoms with Crippen LogP contribution in [0.5, 0.6) is 0 Å². The highest BCUT2D eigenvalue weighted by Crippen LogP contribution is 2.41. The highest BCUT2D eigenvalue weighted by Gasteiger charge is 2.54. The number of hydrogen-bond donors (Lipinski definition) is 3. The van der Waals surface area contributed by atoms with Gasteiger partial charge in [0.25, 0.3) is 11.8 Å². The molecule has 196 valence electrons. The Bertz CT molecular complexity index is 1550. The van der Waals surface area contributed by atoms with Gasteiger partial charge in [-0.2, -0.15) is 9.36 Å². The first-order chi connectivity index (χ1) is 18.3. The zero-order valence-corrected chi connectivity index (χ0v) is 22.3. The Morgan fingerprint density at radius 3 is 2.95 bits per heavy atom. The summed E-state index contributed by atoms with van der Waals surface area (Å²) >= 11 is 3.54.